The Morgan fingerprint density at radius 2 is 1.97 bits per heavy atom. The lowest BCUT2D eigenvalue weighted by atomic mass is 9.83. The van der Waals surface area contributed by atoms with Gasteiger partial charge in [0.05, 0.1) is 23.6 Å². The van der Waals surface area contributed by atoms with Gasteiger partial charge in [0.1, 0.15) is 0 Å². The van der Waals surface area contributed by atoms with Gasteiger partial charge in [-0.1, -0.05) is 55.8 Å². The van der Waals surface area contributed by atoms with Crippen LogP contribution < -0.4 is 0 Å². The molecule has 7 nitrogen and oxygen atoms in total. The van der Waals surface area contributed by atoms with Gasteiger partial charge in [0, 0.05) is 35.2 Å². The number of benzene rings is 2. The number of esters is 1. The number of ether oxygens (including phenoxy) is 1. The fourth-order valence-corrected chi connectivity index (χ4v) is 4.03. The number of nitro groups is 1. The maximum atomic E-state index is 13.1. The smallest absolute Gasteiger partial charge is 0.336 e. The van der Waals surface area contributed by atoms with Crippen LogP contribution in [0.3, 0.4) is 0 Å². The van der Waals surface area contributed by atoms with Crippen molar-refractivity contribution >= 4 is 29.2 Å². The highest BCUT2D eigenvalue weighted by atomic mass is 35.5. The minimum Gasteiger partial charge on any atom is -0.462 e. The summed E-state index contributed by atoms with van der Waals surface area (Å²) >= 11 is 6.40. The van der Waals surface area contributed by atoms with Crippen LogP contribution in [-0.2, 0) is 20.9 Å². The van der Waals surface area contributed by atoms with Gasteiger partial charge in [-0.3, -0.25) is 14.9 Å². The summed E-state index contributed by atoms with van der Waals surface area (Å²) in [6.45, 7) is 5.95. The maximum Gasteiger partial charge on any atom is 0.336 e. The molecule has 1 aliphatic heterocycles. The van der Waals surface area contributed by atoms with E-state index in [0.717, 1.165) is 0 Å². The molecule has 0 N–H and O–H groups in total. The minimum absolute atomic E-state index is 0.0438. The second-order valence-corrected chi connectivity index (χ2v) is 8.58. The van der Waals surface area contributed by atoms with E-state index in [9.17, 15) is 19.7 Å². The van der Waals surface area contributed by atoms with Gasteiger partial charge in [0.2, 0.25) is 5.91 Å². The van der Waals surface area contributed by atoms with E-state index < -0.39 is 16.8 Å². The molecule has 0 fully saturated rings. The van der Waals surface area contributed by atoms with E-state index in [4.69, 9.17) is 16.3 Å². The fourth-order valence-electron chi connectivity index (χ4n) is 3.76. The third-order valence-corrected chi connectivity index (χ3v) is 5.68. The zero-order valence-electron chi connectivity index (χ0n) is 18.2. The predicted octanol–water partition coefficient (Wildman–Crippen LogP) is 5.24. The molecule has 0 bridgehead atoms. The number of non-ortho nitro benzene ring substituents is 1. The molecule has 2 aromatic carbocycles. The van der Waals surface area contributed by atoms with Crippen molar-refractivity contribution in [2.45, 2.75) is 39.7 Å². The lowest BCUT2D eigenvalue weighted by Gasteiger charge is -2.35. The van der Waals surface area contributed by atoms with Crippen molar-refractivity contribution < 1.29 is 19.2 Å². The van der Waals surface area contributed by atoms with Gasteiger partial charge in [-0.15, -0.1) is 0 Å². The minimum atomic E-state index is -0.530. The molecule has 0 spiro atoms. The molecule has 1 aliphatic rings. The SMILES string of the molecule is CC1=C(C(=O)OCC(C)C)C(c2ccccc2Cl)CC(=O)N1Cc1cccc([N+](=O)[O-])c1. The Labute approximate surface area is 191 Å². The lowest BCUT2D eigenvalue weighted by molar-refractivity contribution is -0.384. The van der Waals surface area contributed by atoms with Gasteiger partial charge in [-0.2, -0.15) is 0 Å². The molecule has 32 heavy (non-hydrogen) atoms. The third kappa shape index (κ3) is 5.16. The summed E-state index contributed by atoms with van der Waals surface area (Å²) in [5.41, 5.74) is 2.07. The Morgan fingerprint density at radius 3 is 2.62 bits per heavy atom. The molecular formula is C24H25ClN2O5. The van der Waals surface area contributed by atoms with E-state index in [1.807, 2.05) is 19.9 Å². The molecular weight excluding hydrogens is 432 g/mol. The molecule has 0 saturated heterocycles. The van der Waals surface area contributed by atoms with Gasteiger partial charge < -0.3 is 9.64 Å². The van der Waals surface area contributed by atoms with E-state index >= 15 is 0 Å². The quantitative estimate of drug-likeness (QED) is 0.323. The average molecular weight is 457 g/mol. The molecule has 0 aliphatic carbocycles. The number of allylic oxidation sites excluding steroid dienone is 1. The van der Waals surface area contributed by atoms with E-state index in [0.29, 0.717) is 27.4 Å². The normalized spacial score (nSPS) is 16.5. The number of halogens is 1. The summed E-state index contributed by atoms with van der Waals surface area (Å²) in [7, 11) is 0. The van der Waals surface area contributed by atoms with Crippen LogP contribution in [0.1, 0.15) is 44.2 Å². The zero-order valence-corrected chi connectivity index (χ0v) is 19.0. The van der Waals surface area contributed by atoms with Gasteiger partial charge >= 0.3 is 5.97 Å². The van der Waals surface area contributed by atoms with Gasteiger partial charge in [-0.05, 0) is 30.0 Å². The Morgan fingerprint density at radius 1 is 1.25 bits per heavy atom. The highest BCUT2D eigenvalue weighted by Gasteiger charge is 2.37. The van der Waals surface area contributed by atoms with Crippen LogP contribution in [0.2, 0.25) is 5.02 Å². The molecule has 2 aromatic rings. The maximum absolute atomic E-state index is 13.1. The highest BCUT2D eigenvalue weighted by Crippen LogP contribution is 2.40. The summed E-state index contributed by atoms with van der Waals surface area (Å²) in [4.78, 5) is 38.3. The van der Waals surface area contributed by atoms with Gasteiger partial charge in [-0.25, -0.2) is 4.79 Å². The second kappa shape index (κ2) is 9.96. The van der Waals surface area contributed by atoms with Crippen LogP contribution in [0, 0.1) is 16.0 Å². The number of hydrogen-bond acceptors (Lipinski definition) is 5. The summed E-state index contributed by atoms with van der Waals surface area (Å²) < 4.78 is 5.52. The Kier molecular flexibility index (Phi) is 7.30. The number of nitrogens with zero attached hydrogens (tertiary/aromatic N) is 2. The fraction of sp³-hybridized carbons (Fsp3) is 0.333. The van der Waals surface area contributed by atoms with Crippen LogP contribution in [0.15, 0.2) is 59.8 Å². The first-order valence-electron chi connectivity index (χ1n) is 10.3. The summed E-state index contributed by atoms with van der Waals surface area (Å²) in [6, 6.07) is 13.2. The van der Waals surface area contributed by atoms with Crippen molar-refractivity contribution in [2.24, 2.45) is 5.92 Å². The predicted molar refractivity (Wildman–Crippen MR) is 121 cm³/mol. The molecule has 8 heteroatoms. The number of rotatable bonds is 7. The molecule has 1 unspecified atom stereocenters. The second-order valence-electron chi connectivity index (χ2n) is 8.18. The molecule has 1 heterocycles. The van der Waals surface area contributed by atoms with Crippen LogP contribution in [0.25, 0.3) is 0 Å². The first kappa shape index (κ1) is 23.5. The third-order valence-electron chi connectivity index (χ3n) is 5.33. The largest absolute Gasteiger partial charge is 0.462 e. The van der Waals surface area contributed by atoms with Crippen LogP contribution in [-0.4, -0.2) is 28.3 Å². The van der Waals surface area contributed by atoms with Crippen molar-refractivity contribution in [3.63, 3.8) is 0 Å². The Hall–Kier alpha value is -3.19. The van der Waals surface area contributed by atoms with Crippen LogP contribution >= 0.6 is 11.6 Å². The van der Waals surface area contributed by atoms with Crippen molar-refractivity contribution in [3.8, 4) is 0 Å². The van der Waals surface area contributed by atoms with E-state index in [-0.39, 0.29) is 37.1 Å². The molecule has 1 amide bonds. The number of amides is 1. The Balaban J connectivity index is 2.03. The first-order chi connectivity index (χ1) is 15.2. The standard InChI is InChI=1S/C24H25ClN2O5/c1-15(2)14-32-24(29)23-16(3)26(13-17-7-6-8-18(11-17)27(30)31)22(28)12-20(23)19-9-4-5-10-21(19)25/h4-11,15,20H,12-14H2,1-3H3. The highest BCUT2D eigenvalue weighted by molar-refractivity contribution is 6.31. The van der Waals surface area contributed by atoms with Crippen molar-refractivity contribution in [2.75, 3.05) is 6.61 Å². The van der Waals surface area contributed by atoms with Crippen LogP contribution in [0.4, 0.5) is 5.69 Å². The molecule has 168 valence electrons. The van der Waals surface area contributed by atoms with Gasteiger partial charge in [0.15, 0.2) is 0 Å². The molecule has 1 atom stereocenters. The molecule has 3 rings (SSSR count). The number of nitro benzene ring substituents is 1. The van der Waals surface area contributed by atoms with Crippen molar-refractivity contribution in [1.82, 2.24) is 4.90 Å². The molecule has 0 aromatic heterocycles. The molecule has 0 saturated carbocycles. The van der Waals surface area contributed by atoms with Crippen LogP contribution in [0.5, 0.6) is 0 Å². The number of carbonyl (C=O) groups is 2. The summed E-state index contributed by atoms with van der Waals surface area (Å²) in [5.74, 6) is -1.06. The summed E-state index contributed by atoms with van der Waals surface area (Å²) in [5, 5.41) is 11.6. The average Bonchev–Trinajstić information content (AvgIpc) is 2.75. The van der Waals surface area contributed by atoms with E-state index in [2.05, 4.69) is 0 Å². The van der Waals surface area contributed by atoms with E-state index in [1.54, 1.807) is 37.3 Å². The monoisotopic (exact) mass is 456 g/mol. The van der Waals surface area contributed by atoms with Crippen molar-refractivity contribution in [1.29, 1.82) is 0 Å². The summed E-state index contributed by atoms with van der Waals surface area (Å²) in [6.07, 6.45) is 0.0438. The van der Waals surface area contributed by atoms with Crippen molar-refractivity contribution in [3.05, 3.63) is 86.1 Å². The van der Waals surface area contributed by atoms with E-state index in [1.165, 1.54) is 17.0 Å². The lowest BCUT2D eigenvalue weighted by Crippen LogP contribution is -2.38. The Bertz CT molecular complexity index is 1080. The van der Waals surface area contributed by atoms with Gasteiger partial charge in [0.25, 0.3) is 5.69 Å². The number of hydrogen-bond donors (Lipinski definition) is 0. The first-order valence-corrected chi connectivity index (χ1v) is 10.7. The molecule has 0 radical (unpaired) electrons. The zero-order chi connectivity index (χ0) is 23.4. The number of carbonyl (C=O) groups excluding carboxylic acids is 2. The topological polar surface area (TPSA) is 89.8 Å².